The summed E-state index contributed by atoms with van der Waals surface area (Å²) in [5.41, 5.74) is 2.34. The fourth-order valence-corrected chi connectivity index (χ4v) is 3.26. The second-order valence-corrected chi connectivity index (χ2v) is 7.05. The van der Waals surface area contributed by atoms with Gasteiger partial charge in [0.15, 0.2) is 11.7 Å². The molecule has 3 rings (SSSR count). The molecule has 0 atom stereocenters. The van der Waals surface area contributed by atoms with Crippen molar-refractivity contribution in [1.82, 2.24) is 9.88 Å². The summed E-state index contributed by atoms with van der Waals surface area (Å²) in [5, 5.41) is 3.33. The van der Waals surface area contributed by atoms with Crippen molar-refractivity contribution in [1.29, 1.82) is 0 Å². The lowest BCUT2D eigenvalue weighted by atomic mass is 10.2. The van der Waals surface area contributed by atoms with E-state index in [2.05, 4.69) is 10.3 Å². The number of benzene rings is 2. The number of nitrogens with one attached hydrogen (secondary N) is 1. The third kappa shape index (κ3) is 4.00. The Balaban J connectivity index is 1.77. The van der Waals surface area contributed by atoms with Crippen molar-refractivity contribution in [3.05, 3.63) is 53.6 Å². The average Bonchev–Trinajstić information content (AvgIpc) is 3.00. The Kier molecular flexibility index (Phi) is 5.18. The fourth-order valence-electron chi connectivity index (χ4n) is 2.30. The van der Waals surface area contributed by atoms with Gasteiger partial charge in [-0.25, -0.2) is 4.98 Å². The van der Waals surface area contributed by atoms with Crippen molar-refractivity contribution in [2.24, 2.45) is 0 Å². The van der Waals surface area contributed by atoms with Gasteiger partial charge in [-0.15, -0.1) is 0 Å². The van der Waals surface area contributed by atoms with E-state index < -0.39 is 0 Å². The van der Waals surface area contributed by atoms with Crippen molar-refractivity contribution in [2.75, 3.05) is 26.0 Å². The zero-order valence-corrected chi connectivity index (χ0v) is 15.6. The number of hydrogen-bond acceptors (Lipinski definition) is 5. The summed E-state index contributed by atoms with van der Waals surface area (Å²) in [6.07, 6.45) is 0. The molecule has 0 aliphatic rings. The van der Waals surface area contributed by atoms with Gasteiger partial charge in [0.25, 0.3) is 11.8 Å². The normalized spacial score (nSPS) is 10.6. The van der Waals surface area contributed by atoms with Gasteiger partial charge in [-0.3, -0.25) is 14.9 Å². The average molecular weight is 369 g/mol. The summed E-state index contributed by atoms with van der Waals surface area (Å²) in [6.45, 7) is 1.89. The molecule has 7 heteroatoms. The fraction of sp³-hybridized carbons (Fsp3) is 0.211. The number of rotatable bonds is 5. The lowest BCUT2D eigenvalue weighted by Gasteiger charge is -2.13. The minimum Gasteiger partial charge on any atom is -0.483 e. The number of carbonyl (C=O) groups is 2. The predicted octanol–water partition coefficient (Wildman–Crippen LogP) is 3.32. The standard InChI is InChI=1S/C19H19N3O3S/c1-12-8-9-14-16(10-12)26-19(20-14)21-18(24)13-6-4-5-7-15(13)25-11-17(23)22(2)3/h4-10H,11H2,1-3H3,(H,20,21,24). The van der Waals surface area contributed by atoms with Crippen molar-refractivity contribution in [3.63, 3.8) is 0 Å². The molecule has 0 radical (unpaired) electrons. The van der Waals surface area contributed by atoms with Crippen LogP contribution in [0.25, 0.3) is 10.2 Å². The van der Waals surface area contributed by atoms with E-state index in [1.807, 2.05) is 25.1 Å². The van der Waals surface area contributed by atoms with Crippen LogP contribution in [0.15, 0.2) is 42.5 Å². The van der Waals surface area contributed by atoms with Gasteiger partial charge < -0.3 is 9.64 Å². The van der Waals surface area contributed by atoms with Crippen molar-refractivity contribution < 1.29 is 14.3 Å². The number of aromatic nitrogens is 1. The highest BCUT2D eigenvalue weighted by Gasteiger charge is 2.16. The number of thiazole rings is 1. The molecule has 0 saturated heterocycles. The molecule has 6 nitrogen and oxygen atoms in total. The number of fused-ring (bicyclic) bond motifs is 1. The Morgan fingerprint density at radius 1 is 1.19 bits per heavy atom. The largest absolute Gasteiger partial charge is 0.483 e. The molecule has 134 valence electrons. The van der Waals surface area contributed by atoms with Crippen LogP contribution in [-0.2, 0) is 4.79 Å². The van der Waals surface area contributed by atoms with Crippen molar-refractivity contribution in [3.8, 4) is 5.75 Å². The number of aryl methyl sites for hydroxylation is 1. The molecule has 0 aliphatic heterocycles. The second kappa shape index (κ2) is 7.53. The first kappa shape index (κ1) is 17.9. The number of likely N-dealkylation sites (N-methyl/N-ethyl adjacent to an activating group) is 1. The minimum atomic E-state index is -0.325. The molecule has 1 aromatic heterocycles. The highest BCUT2D eigenvalue weighted by atomic mass is 32.1. The minimum absolute atomic E-state index is 0.127. The van der Waals surface area contributed by atoms with Gasteiger partial charge in [0.2, 0.25) is 0 Å². The Hall–Kier alpha value is -2.93. The maximum atomic E-state index is 12.6. The highest BCUT2D eigenvalue weighted by molar-refractivity contribution is 7.22. The second-order valence-electron chi connectivity index (χ2n) is 6.02. The number of ether oxygens (including phenoxy) is 1. The number of carbonyl (C=O) groups excluding carboxylic acids is 2. The maximum Gasteiger partial charge on any atom is 0.261 e. The van der Waals surface area contributed by atoms with E-state index in [0.29, 0.717) is 16.4 Å². The molecule has 3 aromatic rings. The smallest absolute Gasteiger partial charge is 0.261 e. The molecule has 1 heterocycles. The molecular weight excluding hydrogens is 350 g/mol. The first-order valence-corrected chi connectivity index (χ1v) is 8.86. The molecule has 0 aliphatic carbocycles. The highest BCUT2D eigenvalue weighted by Crippen LogP contribution is 2.28. The SMILES string of the molecule is Cc1ccc2nc(NC(=O)c3ccccc3OCC(=O)N(C)C)sc2c1. The van der Waals surface area contributed by atoms with E-state index >= 15 is 0 Å². The molecule has 0 unspecified atom stereocenters. The maximum absolute atomic E-state index is 12.6. The molecule has 26 heavy (non-hydrogen) atoms. The number of anilines is 1. The van der Waals surface area contributed by atoms with Gasteiger partial charge in [0.1, 0.15) is 5.75 Å². The summed E-state index contributed by atoms with van der Waals surface area (Å²) >= 11 is 1.42. The third-order valence-corrected chi connectivity index (χ3v) is 4.68. The lowest BCUT2D eigenvalue weighted by Crippen LogP contribution is -2.28. The van der Waals surface area contributed by atoms with Gasteiger partial charge >= 0.3 is 0 Å². The van der Waals surface area contributed by atoms with E-state index in [0.717, 1.165) is 15.8 Å². The topological polar surface area (TPSA) is 71.5 Å². The third-order valence-electron chi connectivity index (χ3n) is 3.75. The van der Waals surface area contributed by atoms with Crippen LogP contribution >= 0.6 is 11.3 Å². The molecule has 2 aromatic carbocycles. The van der Waals surface area contributed by atoms with Gasteiger partial charge in [-0.1, -0.05) is 29.5 Å². The zero-order chi connectivity index (χ0) is 18.7. The summed E-state index contributed by atoms with van der Waals surface area (Å²) in [6, 6.07) is 12.8. The van der Waals surface area contributed by atoms with Crippen LogP contribution < -0.4 is 10.1 Å². The molecule has 0 fully saturated rings. The number of para-hydroxylation sites is 1. The quantitative estimate of drug-likeness (QED) is 0.749. The number of amides is 2. The Labute approximate surface area is 155 Å². The zero-order valence-electron chi connectivity index (χ0n) is 14.8. The van der Waals surface area contributed by atoms with Crippen molar-refractivity contribution >= 4 is 38.5 Å². The van der Waals surface area contributed by atoms with Gasteiger partial charge in [-0.2, -0.15) is 0 Å². The summed E-state index contributed by atoms with van der Waals surface area (Å²) in [7, 11) is 3.30. The Bertz CT molecular complexity index is 966. The first-order valence-electron chi connectivity index (χ1n) is 8.04. The summed E-state index contributed by atoms with van der Waals surface area (Å²) in [5.74, 6) is -0.146. The van der Waals surface area contributed by atoms with Crippen LogP contribution in [0.2, 0.25) is 0 Å². The molecule has 0 spiro atoms. The van der Waals surface area contributed by atoms with Gasteiger partial charge in [0, 0.05) is 14.1 Å². The summed E-state index contributed by atoms with van der Waals surface area (Å²) in [4.78, 5) is 30.2. The van der Waals surface area contributed by atoms with Crippen LogP contribution in [0.3, 0.4) is 0 Å². The van der Waals surface area contributed by atoms with E-state index in [1.54, 1.807) is 38.4 Å². The van der Waals surface area contributed by atoms with Gasteiger partial charge in [0.05, 0.1) is 15.8 Å². The molecule has 2 amide bonds. The molecule has 0 bridgehead atoms. The molecular formula is C19H19N3O3S. The summed E-state index contributed by atoms with van der Waals surface area (Å²) < 4.78 is 6.54. The van der Waals surface area contributed by atoms with E-state index in [4.69, 9.17) is 4.74 Å². The Morgan fingerprint density at radius 2 is 1.96 bits per heavy atom. The first-order chi connectivity index (χ1) is 12.4. The van der Waals surface area contributed by atoms with Crippen LogP contribution in [0.1, 0.15) is 15.9 Å². The van der Waals surface area contributed by atoms with Crippen LogP contribution in [0, 0.1) is 6.92 Å². The van der Waals surface area contributed by atoms with Gasteiger partial charge in [-0.05, 0) is 36.8 Å². The molecule has 0 saturated carbocycles. The van der Waals surface area contributed by atoms with Crippen LogP contribution in [-0.4, -0.2) is 42.4 Å². The van der Waals surface area contributed by atoms with Crippen LogP contribution in [0.4, 0.5) is 5.13 Å². The van der Waals surface area contributed by atoms with E-state index in [1.165, 1.54) is 16.2 Å². The lowest BCUT2D eigenvalue weighted by molar-refractivity contribution is -0.130. The predicted molar refractivity (Wildman–Crippen MR) is 103 cm³/mol. The number of hydrogen-bond donors (Lipinski definition) is 1. The van der Waals surface area contributed by atoms with E-state index in [-0.39, 0.29) is 18.4 Å². The van der Waals surface area contributed by atoms with E-state index in [9.17, 15) is 9.59 Å². The van der Waals surface area contributed by atoms with Crippen LogP contribution in [0.5, 0.6) is 5.75 Å². The monoisotopic (exact) mass is 369 g/mol. The number of nitrogens with zero attached hydrogens (tertiary/aromatic N) is 2. The Morgan fingerprint density at radius 3 is 2.73 bits per heavy atom. The molecule has 1 N–H and O–H groups in total. The van der Waals surface area contributed by atoms with Crippen molar-refractivity contribution in [2.45, 2.75) is 6.92 Å².